The Morgan fingerprint density at radius 2 is 1.84 bits per heavy atom. The quantitative estimate of drug-likeness (QED) is 0.679. The molecule has 3 rings (SSSR count). The lowest BCUT2D eigenvalue weighted by Gasteiger charge is -2.36. The number of benzene rings is 1. The summed E-state index contributed by atoms with van der Waals surface area (Å²) in [5.74, 6) is -3.46. The highest BCUT2D eigenvalue weighted by atomic mass is 19.4. The van der Waals surface area contributed by atoms with Gasteiger partial charge in [0.1, 0.15) is 17.2 Å². The Morgan fingerprint density at radius 1 is 1.23 bits per heavy atom. The number of methoxy groups -OCH3 is 1. The number of ether oxygens (including phenoxy) is 3. The minimum absolute atomic E-state index is 0.0359. The molecule has 1 aliphatic rings. The number of nitrogens with zero attached hydrogens (tertiary/aromatic N) is 2. The van der Waals surface area contributed by atoms with Gasteiger partial charge in [0.05, 0.1) is 18.2 Å². The Bertz CT molecular complexity index is 1170. The second-order valence-corrected chi connectivity index (χ2v) is 7.71. The van der Waals surface area contributed by atoms with Crippen LogP contribution >= 0.6 is 0 Å². The first-order valence-corrected chi connectivity index (χ1v) is 8.91. The van der Waals surface area contributed by atoms with Gasteiger partial charge in [-0.3, -0.25) is 4.79 Å². The van der Waals surface area contributed by atoms with Gasteiger partial charge >= 0.3 is 18.2 Å². The van der Waals surface area contributed by atoms with Crippen LogP contribution < -0.4 is 10.5 Å². The van der Waals surface area contributed by atoms with E-state index in [1.807, 2.05) is 0 Å². The van der Waals surface area contributed by atoms with E-state index in [2.05, 4.69) is 4.74 Å². The van der Waals surface area contributed by atoms with Crippen molar-refractivity contribution in [1.82, 2.24) is 4.57 Å². The van der Waals surface area contributed by atoms with E-state index in [-0.39, 0.29) is 10.9 Å². The molecule has 11 heteroatoms. The number of halogens is 3. The van der Waals surface area contributed by atoms with Gasteiger partial charge in [-0.15, -0.1) is 0 Å². The van der Waals surface area contributed by atoms with Crippen molar-refractivity contribution in [3.05, 3.63) is 41.3 Å². The van der Waals surface area contributed by atoms with Crippen LogP contribution in [0, 0.1) is 11.3 Å². The molecule has 0 spiro atoms. The normalized spacial score (nSPS) is 18.8. The van der Waals surface area contributed by atoms with Gasteiger partial charge in [-0.2, -0.15) is 18.4 Å². The molecule has 0 bridgehead atoms. The van der Waals surface area contributed by atoms with Gasteiger partial charge in [-0.05, 0) is 26.8 Å². The highest BCUT2D eigenvalue weighted by molar-refractivity contribution is 6.03. The van der Waals surface area contributed by atoms with Crippen LogP contribution in [0.4, 0.5) is 18.0 Å². The summed E-state index contributed by atoms with van der Waals surface area (Å²) in [6.07, 6.45) is -6.42. The molecule has 1 aromatic carbocycles. The van der Waals surface area contributed by atoms with Crippen molar-refractivity contribution in [1.29, 1.82) is 5.26 Å². The highest BCUT2D eigenvalue weighted by Gasteiger charge is 2.70. The molecule has 31 heavy (non-hydrogen) atoms. The Morgan fingerprint density at radius 3 is 2.35 bits per heavy atom. The van der Waals surface area contributed by atoms with Crippen molar-refractivity contribution >= 4 is 23.0 Å². The van der Waals surface area contributed by atoms with Gasteiger partial charge in [-0.25, -0.2) is 9.36 Å². The molecule has 2 N–H and O–H groups in total. The summed E-state index contributed by atoms with van der Waals surface area (Å²) >= 11 is 0. The summed E-state index contributed by atoms with van der Waals surface area (Å²) in [7, 11) is 0.753. The largest absolute Gasteiger partial charge is 0.468 e. The van der Waals surface area contributed by atoms with E-state index in [1.165, 1.54) is 30.3 Å². The van der Waals surface area contributed by atoms with Crippen molar-refractivity contribution < 1.29 is 37.0 Å². The smallest absolute Gasteiger partial charge is 0.421 e. The number of nitrogens with two attached hydrogens (primary N) is 1. The number of para-hydroxylation sites is 1. The molecule has 1 atom stereocenters. The van der Waals surface area contributed by atoms with E-state index < -0.39 is 52.2 Å². The SMILES string of the molecule is COC(=O)C1(C(F)(F)F)C(C#N)=C(N)Oc2c1c1ccccc1n2C(=O)OC(C)(C)C. The highest BCUT2D eigenvalue weighted by Crippen LogP contribution is 2.56. The molecule has 0 aliphatic carbocycles. The van der Waals surface area contributed by atoms with Crippen LogP contribution in [0.5, 0.6) is 5.88 Å². The lowest BCUT2D eigenvalue weighted by molar-refractivity contribution is -0.199. The molecule has 0 saturated heterocycles. The predicted octanol–water partition coefficient (Wildman–Crippen LogP) is 3.48. The Hall–Kier alpha value is -3.68. The molecule has 0 fully saturated rings. The van der Waals surface area contributed by atoms with E-state index in [1.54, 1.807) is 20.8 Å². The molecule has 2 aromatic rings. The van der Waals surface area contributed by atoms with E-state index in [0.717, 1.165) is 11.7 Å². The maximum absolute atomic E-state index is 14.6. The fourth-order valence-electron chi connectivity index (χ4n) is 3.52. The van der Waals surface area contributed by atoms with Gasteiger partial charge in [-0.1, -0.05) is 18.2 Å². The first kappa shape index (κ1) is 22.0. The fourth-order valence-corrected chi connectivity index (χ4v) is 3.52. The molecule has 8 nitrogen and oxygen atoms in total. The summed E-state index contributed by atoms with van der Waals surface area (Å²) in [6, 6.07) is 6.83. The van der Waals surface area contributed by atoms with Crippen LogP contribution in [0.15, 0.2) is 35.7 Å². The zero-order valence-electron chi connectivity index (χ0n) is 17.0. The van der Waals surface area contributed by atoms with E-state index in [4.69, 9.17) is 15.2 Å². The minimum Gasteiger partial charge on any atom is -0.468 e. The summed E-state index contributed by atoms with van der Waals surface area (Å²) in [4.78, 5) is 25.6. The maximum Gasteiger partial charge on any atom is 0.421 e. The third-order valence-electron chi connectivity index (χ3n) is 4.64. The summed E-state index contributed by atoms with van der Waals surface area (Å²) in [5.41, 5.74) is -0.958. The fraction of sp³-hybridized carbons (Fsp3) is 0.350. The van der Waals surface area contributed by atoms with Gasteiger partial charge < -0.3 is 19.9 Å². The molecular weight excluding hydrogens is 419 g/mol. The second kappa shape index (κ2) is 6.94. The Balaban J connectivity index is 2.54. The lowest BCUT2D eigenvalue weighted by atomic mass is 9.72. The number of hydrogen-bond donors (Lipinski definition) is 1. The molecule has 0 saturated carbocycles. The number of rotatable bonds is 1. The summed E-state index contributed by atoms with van der Waals surface area (Å²) in [6.45, 7) is 4.71. The van der Waals surface area contributed by atoms with Crippen molar-refractivity contribution in [3.8, 4) is 11.9 Å². The van der Waals surface area contributed by atoms with Gasteiger partial charge in [0.15, 0.2) is 0 Å². The van der Waals surface area contributed by atoms with Crippen molar-refractivity contribution in [3.63, 3.8) is 0 Å². The van der Waals surface area contributed by atoms with E-state index in [0.29, 0.717) is 0 Å². The van der Waals surface area contributed by atoms with Crippen LogP contribution in [0.2, 0.25) is 0 Å². The number of nitriles is 1. The van der Waals surface area contributed by atoms with Crippen LogP contribution in [0.25, 0.3) is 10.9 Å². The van der Waals surface area contributed by atoms with E-state index >= 15 is 0 Å². The molecule has 0 radical (unpaired) electrons. The number of esters is 1. The van der Waals surface area contributed by atoms with Gasteiger partial charge in [0, 0.05) is 5.39 Å². The molecule has 1 aliphatic heterocycles. The van der Waals surface area contributed by atoms with Crippen molar-refractivity contribution in [2.75, 3.05) is 7.11 Å². The minimum atomic E-state index is -5.36. The van der Waals surface area contributed by atoms with Crippen molar-refractivity contribution in [2.45, 2.75) is 38.0 Å². The molecule has 1 aromatic heterocycles. The Kier molecular flexibility index (Phi) is 4.93. The molecule has 2 heterocycles. The summed E-state index contributed by atoms with van der Waals surface area (Å²) < 4.78 is 59.7. The van der Waals surface area contributed by atoms with Gasteiger partial charge in [0.25, 0.3) is 0 Å². The summed E-state index contributed by atoms with van der Waals surface area (Å²) in [5, 5.41) is 9.34. The lowest BCUT2D eigenvalue weighted by Crippen LogP contribution is -2.54. The van der Waals surface area contributed by atoms with Crippen LogP contribution in [-0.4, -0.2) is 35.5 Å². The monoisotopic (exact) mass is 437 g/mol. The molecule has 164 valence electrons. The first-order chi connectivity index (χ1) is 14.3. The molecule has 1 unspecified atom stereocenters. The molecule has 0 amide bonds. The third kappa shape index (κ3) is 3.06. The van der Waals surface area contributed by atoms with Crippen LogP contribution in [0.1, 0.15) is 26.3 Å². The average molecular weight is 437 g/mol. The topological polar surface area (TPSA) is 117 Å². The number of aromatic nitrogens is 1. The van der Waals surface area contributed by atoms with Crippen LogP contribution in [-0.2, 0) is 19.7 Å². The predicted molar refractivity (Wildman–Crippen MR) is 101 cm³/mol. The average Bonchev–Trinajstić information content (AvgIpc) is 2.97. The standard InChI is InChI=1S/C20H18F3N3O5/c1-18(2,3)31-17(28)26-12-8-6-5-7-10(12)13-15(26)30-14(25)11(9-24)19(13,16(27)29-4)20(21,22)23/h5-8H,25H2,1-4H3. The van der Waals surface area contributed by atoms with Crippen molar-refractivity contribution in [2.24, 2.45) is 5.73 Å². The number of carbonyl (C=O) groups is 2. The van der Waals surface area contributed by atoms with E-state index in [9.17, 15) is 28.0 Å². The number of carbonyl (C=O) groups excluding carboxylic acids is 2. The zero-order valence-corrected chi connectivity index (χ0v) is 17.0. The Labute approximate surface area is 174 Å². The number of fused-ring (bicyclic) bond motifs is 3. The third-order valence-corrected chi connectivity index (χ3v) is 4.64. The van der Waals surface area contributed by atoms with Gasteiger partial charge in [0.2, 0.25) is 17.2 Å². The molecular formula is C20H18F3N3O5. The first-order valence-electron chi connectivity index (χ1n) is 8.91. The number of hydrogen-bond acceptors (Lipinski definition) is 7. The number of alkyl halides is 3. The maximum atomic E-state index is 14.6. The zero-order chi connectivity index (χ0) is 23.4. The van der Waals surface area contributed by atoms with Crippen LogP contribution in [0.3, 0.4) is 0 Å². The second-order valence-electron chi connectivity index (χ2n) is 7.71.